The summed E-state index contributed by atoms with van der Waals surface area (Å²) in [4.78, 5) is 0. The van der Waals surface area contributed by atoms with Crippen LogP contribution in [0.4, 0.5) is 0 Å². The largest absolute Gasteiger partial charge is 0.310 e. The lowest BCUT2D eigenvalue weighted by Gasteiger charge is -2.23. The molecular weight excluding hydrogens is 158 g/mol. The van der Waals surface area contributed by atoms with Gasteiger partial charge in [0.2, 0.25) is 0 Å². The lowest BCUT2D eigenvalue weighted by molar-refractivity contribution is 0.412. The van der Waals surface area contributed by atoms with Crippen LogP contribution in [0.25, 0.3) is 0 Å². The predicted octanol–water partition coefficient (Wildman–Crippen LogP) is 2.81. The Balaban J connectivity index is 2.10. The molecule has 1 atom stereocenters. The van der Waals surface area contributed by atoms with Crippen molar-refractivity contribution >= 4 is 0 Å². The number of benzene rings is 1. The molecule has 0 aliphatic carbocycles. The van der Waals surface area contributed by atoms with E-state index in [1.54, 1.807) is 0 Å². The van der Waals surface area contributed by atoms with Gasteiger partial charge < -0.3 is 5.32 Å². The fraction of sp³-hybridized carbons (Fsp3) is 0.500. The Hall–Kier alpha value is -0.820. The van der Waals surface area contributed by atoms with Gasteiger partial charge in [0.1, 0.15) is 0 Å². The van der Waals surface area contributed by atoms with E-state index in [0.717, 1.165) is 0 Å². The fourth-order valence-electron chi connectivity index (χ4n) is 1.94. The van der Waals surface area contributed by atoms with Crippen LogP contribution in [0.5, 0.6) is 0 Å². The molecule has 1 fully saturated rings. The fourth-order valence-corrected chi connectivity index (χ4v) is 1.94. The maximum atomic E-state index is 3.55. The molecule has 1 heterocycles. The Labute approximate surface area is 80.2 Å². The Morgan fingerprint density at radius 1 is 1.15 bits per heavy atom. The second-order valence-electron chi connectivity index (χ2n) is 3.91. The molecule has 13 heavy (non-hydrogen) atoms. The van der Waals surface area contributed by atoms with Gasteiger partial charge in [-0.1, -0.05) is 36.2 Å². The first kappa shape index (κ1) is 8.76. The van der Waals surface area contributed by atoms with Crippen LogP contribution in [0, 0.1) is 6.92 Å². The summed E-state index contributed by atoms with van der Waals surface area (Å²) in [6, 6.07) is 9.50. The van der Waals surface area contributed by atoms with Gasteiger partial charge in [0.25, 0.3) is 0 Å². The lowest BCUT2D eigenvalue weighted by Crippen LogP contribution is -2.26. The number of nitrogens with one attached hydrogen (secondary N) is 1. The van der Waals surface area contributed by atoms with Crippen molar-refractivity contribution in [1.82, 2.24) is 5.32 Å². The van der Waals surface area contributed by atoms with Crippen molar-refractivity contribution in [1.29, 1.82) is 0 Å². The third-order valence-corrected chi connectivity index (χ3v) is 2.79. The van der Waals surface area contributed by atoms with E-state index in [9.17, 15) is 0 Å². The molecule has 0 bridgehead atoms. The molecule has 0 saturated carbocycles. The van der Waals surface area contributed by atoms with Crippen molar-refractivity contribution < 1.29 is 0 Å². The van der Waals surface area contributed by atoms with Crippen molar-refractivity contribution in [2.75, 3.05) is 6.54 Å². The maximum absolute atomic E-state index is 3.55. The van der Waals surface area contributed by atoms with Gasteiger partial charge in [0, 0.05) is 6.04 Å². The molecule has 0 spiro atoms. The molecule has 1 aromatic carbocycles. The van der Waals surface area contributed by atoms with Gasteiger partial charge in [-0.2, -0.15) is 0 Å². The van der Waals surface area contributed by atoms with Crippen LogP contribution in [-0.2, 0) is 0 Å². The minimum absolute atomic E-state index is 0.606. The summed E-state index contributed by atoms with van der Waals surface area (Å²) in [6.07, 6.45) is 4.00. The number of aryl methyl sites for hydroxylation is 1. The van der Waals surface area contributed by atoms with Crippen molar-refractivity contribution in [3.05, 3.63) is 35.4 Å². The molecule has 1 N–H and O–H groups in total. The van der Waals surface area contributed by atoms with E-state index >= 15 is 0 Å². The van der Waals surface area contributed by atoms with Crippen LogP contribution in [0.2, 0.25) is 0 Å². The summed E-state index contributed by atoms with van der Waals surface area (Å²) in [6.45, 7) is 3.32. The number of piperidine rings is 1. The predicted molar refractivity (Wildman–Crippen MR) is 55.8 cm³/mol. The van der Waals surface area contributed by atoms with Crippen molar-refractivity contribution in [2.45, 2.75) is 32.2 Å². The molecule has 1 aliphatic heterocycles. The SMILES string of the molecule is Cc1ccc([C@@H]2CCCCN2)cc1. The molecule has 0 amide bonds. The summed E-state index contributed by atoms with van der Waals surface area (Å²) in [7, 11) is 0. The first-order valence-corrected chi connectivity index (χ1v) is 5.16. The van der Waals surface area contributed by atoms with Gasteiger partial charge in [-0.25, -0.2) is 0 Å². The topological polar surface area (TPSA) is 12.0 Å². The van der Waals surface area contributed by atoms with E-state index < -0.39 is 0 Å². The van der Waals surface area contributed by atoms with Crippen molar-refractivity contribution in [3.63, 3.8) is 0 Å². The zero-order chi connectivity index (χ0) is 9.10. The second kappa shape index (κ2) is 3.93. The lowest BCUT2D eigenvalue weighted by atomic mass is 9.97. The molecule has 1 saturated heterocycles. The Morgan fingerprint density at radius 2 is 1.92 bits per heavy atom. The monoisotopic (exact) mass is 175 g/mol. The van der Waals surface area contributed by atoms with Crippen LogP contribution in [0.1, 0.15) is 36.4 Å². The normalized spacial score (nSPS) is 23.0. The average Bonchev–Trinajstić information content (AvgIpc) is 2.20. The summed E-state index contributed by atoms with van der Waals surface area (Å²) in [5.41, 5.74) is 2.80. The minimum Gasteiger partial charge on any atom is -0.310 e. The van der Waals surface area contributed by atoms with Crippen LogP contribution < -0.4 is 5.32 Å². The number of hydrogen-bond donors (Lipinski definition) is 1. The average molecular weight is 175 g/mol. The third kappa shape index (κ3) is 2.10. The molecule has 1 aliphatic rings. The second-order valence-corrected chi connectivity index (χ2v) is 3.91. The van der Waals surface area contributed by atoms with Gasteiger partial charge in [0.05, 0.1) is 0 Å². The van der Waals surface area contributed by atoms with E-state index in [-0.39, 0.29) is 0 Å². The Morgan fingerprint density at radius 3 is 2.54 bits per heavy atom. The van der Waals surface area contributed by atoms with Gasteiger partial charge in [0.15, 0.2) is 0 Å². The van der Waals surface area contributed by atoms with Gasteiger partial charge >= 0.3 is 0 Å². The number of rotatable bonds is 1. The molecular formula is C12H17N. The molecule has 1 nitrogen and oxygen atoms in total. The molecule has 0 aromatic heterocycles. The number of hydrogen-bond acceptors (Lipinski definition) is 1. The minimum atomic E-state index is 0.606. The van der Waals surface area contributed by atoms with E-state index in [0.29, 0.717) is 6.04 Å². The van der Waals surface area contributed by atoms with Crippen LogP contribution in [0.3, 0.4) is 0 Å². The first-order chi connectivity index (χ1) is 6.36. The van der Waals surface area contributed by atoms with E-state index in [1.807, 2.05) is 0 Å². The summed E-state index contributed by atoms with van der Waals surface area (Å²) < 4.78 is 0. The standard InChI is InChI=1S/C12H17N/c1-10-5-7-11(8-6-10)12-4-2-3-9-13-12/h5-8,12-13H,2-4,9H2,1H3/t12-/m0/s1. The third-order valence-electron chi connectivity index (χ3n) is 2.79. The molecule has 1 heteroatoms. The van der Waals surface area contributed by atoms with Crippen LogP contribution in [-0.4, -0.2) is 6.54 Å². The summed E-state index contributed by atoms with van der Waals surface area (Å²) >= 11 is 0. The molecule has 1 aromatic rings. The zero-order valence-electron chi connectivity index (χ0n) is 8.22. The molecule has 70 valence electrons. The molecule has 0 radical (unpaired) electrons. The summed E-state index contributed by atoms with van der Waals surface area (Å²) in [5, 5.41) is 3.55. The molecule has 0 unspecified atom stereocenters. The van der Waals surface area contributed by atoms with Gasteiger partial charge in [-0.15, -0.1) is 0 Å². The van der Waals surface area contributed by atoms with Gasteiger partial charge in [-0.3, -0.25) is 0 Å². The van der Waals surface area contributed by atoms with Crippen molar-refractivity contribution in [3.8, 4) is 0 Å². The van der Waals surface area contributed by atoms with Crippen LogP contribution >= 0.6 is 0 Å². The first-order valence-electron chi connectivity index (χ1n) is 5.16. The van der Waals surface area contributed by atoms with Gasteiger partial charge in [-0.05, 0) is 31.9 Å². The van der Waals surface area contributed by atoms with E-state index in [4.69, 9.17) is 0 Å². The van der Waals surface area contributed by atoms with Crippen molar-refractivity contribution in [2.24, 2.45) is 0 Å². The maximum Gasteiger partial charge on any atom is 0.0320 e. The highest BCUT2D eigenvalue weighted by atomic mass is 14.9. The highest BCUT2D eigenvalue weighted by Gasteiger charge is 2.13. The van der Waals surface area contributed by atoms with Crippen LogP contribution in [0.15, 0.2) is 24.3 Å². The zero-order valence-corrected chi connectivity index (χ0v) is 8.22. The quantitative estimate of drug-likeness (QED) is 0.692. The molecule has 2 rings (SSSR count). The summed E-state index contributed by atoms with van der Waals surface area (Å²) in [5.74, 6) is 0. The Bertz CT molecular complexity index is 257. The van der Waals surface area contributed by atoms with E-state index in [1.165, 1.54) is 36.9 Å². The highest BCUT2D eigenvalue weighted by molar-refractivity contribution is 5.24. The highest BCUT2D eigenvalue weighted by Crippen LogP contribution is 2.22. The smallest absolute Gasteiger partial charge is 0.0320 e. The van der Waals surface area contributed by atoms with E-state index in [2.05, 4.69) is 36.5 Å². The Kier molecular flexibility index (Phi) is 2.65.